The van der Waals surface area contributed by atoms with Gasteiger partial charge in [0, 0.05) is 0 Å². The number of hydrogen-bond acceptors (Lipinski definition) is 7. The number of β-lactam (4-membered cyclic amide) rings is 1. The van der Waals surface area contributed by atoms with Crippen molar-refractivity contribution in [2.24, 2.45) is 0 Å². The molecule has 2 amide bonds. The van der Waals surface area contributed by atoms with Gasteiger partial charge in [-0.2, -0.15) is 0 Å². The molecule has 0 saturated carbocycles. The maximum Gasteiger partial charge on any atom is 0.358 e. The molecule has 26 heavy (non-hydrogen) atoms. The summed E-state index contributed by atoms with van der Waals surface area (Å²) in [5.41, 5.74) is -0.233. The molecule has 1 aromatic carbocycles. The van der Waals surface area contributed by atoms with Crippen LogP contribution in [-0.2, 0) is 19.1 Å². The van der Waals surface area contributed by atoms with Crippen molar-refractivity contribution in [2.45, 2.75) is 18.3 Å². The second-order valence-corrected chi connectivity index (χ2v) is 6.36. The van der Waals surface area contributed by atoms with E-state index >= 15 is 0 Å². The molecule has 1 fully saturated rings. The lowest BCUT2D eigenvalue weighted by Crippen LogP contribution is -2.69. The zero-order chi connectivity index (χ0) is 19.3. The van der Waals surface area contributed by atoms with Crippen LogP contribution in [0.15, 0.2) is 41.8 Å². The summed E-state index contributed by atoms with van der Waals surface area (Å²) in [5.74, 6) is -1.59. The monoisotopic (exact) mass is 380 g/mol. The smallest absolute Gasteiger partial charge is 0.358 e. The molecule has 140 valence electrons. The topological polar surface area (TPSA) is 105 Å². The van der Waals surface area contributed by atoms with E-state index in [0.717, 1.165) is 12.0 Å². The van der Waals surface area contributed by atoms with Crippen molar-refractivity contribution in [3.63, 3.8) is 0 Å². The van der Waals surface area contributed by atoms with Crippen LogP contribution in [0.1, 0.15) is 6.92 Å². The van der Waals surface area contributed by atoms with Gasteiger partial charge < -0.3 is 19.9 Å². The molecule has 2 rings (SSSR count). The number of para-hydroxylation sites is 1. The van der Waals surface area contributed by atoms with Gasteiger partial charge in [0.2, 0.25) is 0 Å². The number of aliphatic hydroxyl groups is 1. The van der Waals surface area contributed by atoms with Crippen LogP contribution < -0.4 is 10.1 Å². The number of ether oxygens (including phenoxy) is 2. The number of esters is 1. The number of nitrogens with zero attached hydrogens (tertiary/aromatic N) is 1. The first-order valence-electron chi connectivity index (χ1n) is 7.72. The van der Waals surface area contributed by atoms with E-state index in [1.54, 1.807) is 30.5 Å². The predicted molar refractivity (Wildman–Crippen MR) is 95.4 cm³/mol. The van der Waals surface area contributed by atoms with E-state index in [2.05, 4.69) is 10.1 Å². The van der Waals surface area contributed by atoms with Crippen LogP contribution in [0.3, 0.4) is 0 Å². The molecule has 9 heteroatoms. The van der Waals surface area contributed by atoms with E-state index in [1.807, 2.05) is 6.07 Å². The summed E-state index contributed by atoms with van der Waals surface area (Å²) >= 11 is 1.26. The third-order valence-electron chi connectivity index (χ3n) is 3.68. The van der Waals surface area contributed by atoms with Gasteiger partial charge in [-0.05, 0) is 25.3 Å². The average molecular weight is 380 g/mol. The van der Waals surface area contributed by atoms with Crippen LogP contribution >= 0.6 is 11.8 Å². The van der Waals surface area contributed by atoms with Crippen molar-refractivity contribution in [1.29, 1.82) is 0 Å². The van der Waals surface area contributed by atoms with Crippen molar-refractivity contribution < 1.29 is 29.0 Å². The van der Waals surface area contributed by atoms with Crippen molar-refractivity contribution in [1.82, 2.24) is 10.2 Å². The molecule has 1 saturated heterocycles. The molecule has 1 aliphatic rings. The molecule has 2 atom stereocenters. The van der Waals surface area contributed by atoms with E-state index in [1.165, 1.54) is 18.7 Å². The molecule has 0 bridgehead atoms. The van der Waals surface area contributed by atoms with Gasteiger partial charge in [0.25, 0.3) is 11.8 Å². The van der Waals surface area contributed by atoms with E-state index in [0.29, 0.717) is 5.75 Å². The highest BCUT2D eigenvalue weighted by molar-refractivity contribution is 7.99. The number of carbonyl (C=O) groups excluding carboxylic acids is 3. The molecule has 0 aromatic heterocycles. The average Bonchev–Trinajstić information content (AvgIpc) is 2.64. The Bertz CT molecular complexity index is 717. The molecule has 1 aromatic rings. The number of allylic oxidation sites excluding steroid dienone is 1. The number of hydrogen-bond donors (Lipinski definition) is 2. The van der Waals surface area contributed by atoms with E-state index in [4.69, 9.17) is 4.74 Å². The molecule has 0 radical (unpaired) electrons. The predicted octanol–water partition coefficient (Wildman–Crippen LogP) is 1.04. The van der Waals surface area contributed by atoms with Gasteiger partial charge in [0.1, 0.15) is 22.9 Å². The van der Waals surface area contributed by atoms with E-state index in [-0.39, 0.29) is 18.1 Å². The van der Waals surface area contributed by atoms with Crippen molar-refractivity contribution >= 4 is 29.5 Å². The summed E-state index contributed by atoms with van der Waals surface area (Å²) < 4.78 is 9.95. The largest absolute Gasteiger partial charge is 0.510 e. The molecule has 1 heterocycles. The fourth-order valence-electron chi connectivity index (χ4n) is 2.47. The lowest BCUT2D eigenvalue weighted by molar-refractivity contribution is -0.152. The number of likely N-dealkylation sites (tertiary alicyclic amines) is 1. The highest BCUT2D eigenvalue weighted by atomic mass is 32.2. The summed E-state index contributed by atoms with van der Waals surface area (Å²) in [5, 5.41) is 11.8. The van der Waals surface area contributed by atoms with Crippen LogP contribution in [0.5, 0.6) is 5.75 Å². The summed E-state index contributed by atoms with van der Waals surface area (Å²) in [4.78, 5) is 37.4. The fourth-order valence-corrected chi connectivity index (χ4v) is 3.35. The Kier molecular flexibility index (Phi) is 6.51. The molecule has 2 N–H and O–H groups in total. The summed E-state index contributed by atoms with van der Waals surface area (Å²) in [6.07, 6.45) is 1.73. The quantitative estimate of drug-likeness (QED) is 0.315. The number of nitrogens with one attached hydrogen (secondary N) is 1. The maximum absolute atomic E-state index is 12.4. The lowest BCUT2D eigenvalue weighted by atomic mass is 10.1. The summed E-state index contributed by atoms with van der Waals surface area (Å²) in [7, 11) is 1.16. The minimum atomic E-state index is -0.824. The minimum Gasteiger partial charge on any atom is -0.510 e. The van der Waals surface area contributed by atoms with Crippen LogP contribution in [0, 0.1) is 0 Å². The highest BCUT2D eigenvalue weighted by Crippen LogP contribution is 2.33. The lowest BCUT2D eigenvalue weighted by Gasteiger charge is -2.46. The molecule has 1 aliphatic heterocycles. The number of methoxy groups -OCH3 is 1. The molecule has 0 spiro atoms. The maximum atomic E-state index is 12.4. The normalized spacial score (nSPS) is 20.0. The SMILES string of the molecule is COC(=O)/C(=C(/C)O)N1C(=O)[C@@H](NC(=O)COc2ccccc2)[C@H]1SC. The number of amides is 2. The molecule has 8 nitrogen and oxygen atoms in total. The Morgan fingerprint density at radius 1 is 1.31 bits per heavy atom. The van der Waals surface area contributed by atoms with Gasteiger partial charge in [-0.25, -0.2) is 4.79 Å². The highest BCUT2D eigenvalue weighted by Gasteiger charge is 2.51. The Morgan fingerprint density at radius 3 is 2.50 bits per heavy atom. The number of aliphatic hydroxyl groups excluding tert-OH is 1. The van der Waals surface area contributed by atoms with Crippen LogP contribution in [-0.4, -0.2) is 59.2 Å². The van der Waals surface area contributed by atoms with Crippen molar-refractivity contribution in [2.75, 3.05) is 20.0 Å². The van der Waals surface area contributed by atoms with E-state index in [9.17, 15) is 19.5 Å². The van der Waals surface area contributed by atoms with Crippen LogP contribution in [0.4, 0.5) is 0 Å². The van der Waals surface area contributed by atoms with Crippen molar-refractivity contribution in [3.8, 4) is 5.75 Å². The third kappa shape index (κ3) is 4.10. The van der Waals surface area contributed by atoms with Gasteiger partial charge in [0.05, 0.1) is 7.11 Å². The number of carbonyl (C=O) groups is 3. The zero-order valence-electron chi connectivity index (χ0n) is 14.6. The Hall–Kier alpha value is -2.68. The van der Waals surface area contributed by atoms with Crippen LogP contribution in [0.25, 0.3) is 0 Å². The van der Waals surface area contributed by atoms with Crippen LogP contribution in [0.2, 0.25) is 0 Å². The number of rotatable bonds is 7. The molecule has 0 unspecified atom stereocenters. The van der Waals surface area contributed by atoms with Crippen molar-refractivity contribution in [3.05, 3.63) is 41.8 Å². The first-order chi connectivity index (χ1) is 12.4. The second kappa shape index (κ2) is 8.61. The summed E-state index contributed by atoms with van der Waals surface area (Å²) in [6, 6.07) is 7.99. The van der Waals surface area contributed by atoms with E-state index < -0.39 is 29.2 Å². The Labute approximate surface area is 155 Å². The number of thioether (sulfide) groups is 1. The summed E-state index contributed by atoms with van der Waals surface area (Å²) in [6.45, 7) is 1.05. The van der Waals surface area contributed by atoms with Gasteiger partial charge in [-0.3, -0.25) is 14.5 Å². The Morgan fingerprint density at radius 2 is 1.96 bits per heavy atom. The minimum absolute atomic E-state index is 0.233. The first kappa shape index (κ1) is 19.6. The molecular formula is C17H20N2O6S. The molecular weight excluding hydrogens is 360 g/mol. The van der Waals surface area contributed by atoms with Gasteiger partial charge in [-0.1, -0.05) is 18.2 Å². The fraction of sp³-hybridized carbons (Fsp3) is 0.353. The van der Waals surface area contributed by atoms with Gasteiger partial charge >= 0.3 is 5.97 Å². The van der Waals surface area contributed by atoms with Gasteiger partial charge in [0.15, 0.2) is 12.3 Å². The Balaban J connectivity index is 2.01. The second-order valence-electron chi connectivity index (χ2n) is 5.41. The third-order valence-corrected chi connectivity index (χ3v) is 4.64. The first-order valence-corrected chi connectivity index (χ1v) is 9.00. The number of benzene rings is 1. The standard InChI is InChI=1S/C17H20N2O6S/c1-10(20)14(17(23)24-2)19-15(22)13(16(19)26-3)18-12(21)9-25-11-7-5-4-6-8-11/h4-8,13,16,20H,9H2,1-3H3,(H,18,21)/b14-10+/t13-,16-/m1/s1. The van der Waals surface area contributed by atoms with Gasteiger partial charge in [-0.15, -0.1) is 11.8 Å². The molecule has 0 aliphatic carbocycles. The zero-order valence-corrected chi connectivity index (χ0v) is 15.4.